The van der Waals surface area contributed by atoms with Crippen LogP contribution in [0.15, 0.2) is 24.3 Å². The Labute approximate surface area is 92.3 Å². The third-order valence-corrected chi connectivity index (χ3v) is 2.20. The van der Waals surface area contributed by atoms with Gasteiger partial charge in [-0.2, -0.15) is 0 Å². The predicted octanol–water partition coefficient (Wildman–Crippen LogP) is 0.911. The van der Waals surface area contributed by atoms with Crippen molar-refractivity contribution in [2.75, 3.05) is 13.6 Å². The van der Waals surface area contributed by atoms with E-state index in [9.17, 15) is 14.0 Å². The molecule has 1 N–H and O–H groups in total. The van der Waals surface area contributed by atoms with Gasteiger partial charge in [-0.1, -0.05) is 18.2 Å². The highest BCUT2D eigenvalue weighted by Crippen LogP contribution is 2.07. The van der Waals surface area contributed by atoms with E-state index in [1.807, 2.05) is 0 Å². The van der Waals surface area contributed by atoms with Crippen LogP contribution < -0.4 is 0 Å². The summed E-state index contributed by atoms with van der Waals surface area (Å²) in [5.74, 6) is -2.84. The number of hydrogen-bond acceptors (Lipinski definition) is 2. The fraction of sp³-hybridized carbons (Fsp3) is 0.273. The minimum Gasteiger partial charge on any atom is -0.474 e. The molecule has 0 unspecified atom stereocenters. The Morgan fingerprint density at radius 1 is 1.38 bits per heavy atom. The average Bonchev–Trinajstić information content (AvgIpc) is 2.26. The van der Waals surface area contributed by atoms with Gasteiger partial charge < -0.3 is 10.0 Å². The summed E-state index contributed by atoms with van der Waals surface area (Å²) >= 11 is 0. The third kappa shape index (κ3) is 3.05. The van der Waals surface area contributed by atoms with Crippen molar-refractivity contribution in [2.24, 2.45) is 0 Å². The number of benzene rings is 1. The lowest BCUT2D eigenvalue weighted by Crippen LogP contribution is -2.34. The van der Waals surface area contributed by atoms with Gasteiger partial charge in [-0.15, -0.1) is 0 Å². The van der Waals surface area contributed by atoms with Gasteiger partial charge in [-0.05, 0) is 18.1 Å². The Bertz CT molecular complexity index is 406. The van der Waals surface area contributed by atoms with Crippen molar-refractivity contribution in [3.05, 3.63) is 35.6 Å². The highest BCUT2D eigenvalue weighted by atomic mass is 19.1. The summed E-state index contributed by atoms with van der Waals surface area (Å²) < 4.78 is 13.2. The molecule has 0 atom stereocenters. The minimum absolute atomic E-state index is 0.173. The maximum atomic E-state index is 13.2. The molecular weight excluding hydrogens is 213 g/mol. The van der Waals surface area contributed by atoms with Crippen LogP contribution in [0.25, 0.3) is 0 Å². The number of aliphatic carboxylic acids is 1. The van der Waals surface area contributed by atoms with Gasteiger partial charge in [0, 0.05) is 13.6 Å². The minimum atomic E-state index is -1.50. The molecule has 16 heavy (non-hydrogen) atoms. The zero-order valence-corrected chi connectivity index (χ0v) is 8.81. The Morgan fingerprint density at radius 2 is 2.00 bits per heavy atom. The first-order chi connectivity index (χ1) is 7.52. The molecule has 0 spiro atoms. The van der Waals surface area contributed by atoms with E-state index < -0.39 is 11.9 Å². The number of carbonyl (C=O) groups is 2. The second-order valence-corrected chi connectivity index (χ2v) is 3.37. The van der Waals surface area contributed by atoms with E-state index >= 15 is 0 Å². The van der Waals surface area contributed by atoms with E-state index in [1.165, 1.54) is 13.1 Å². The molecule has 1 aromatic carbocycles. The standard InChI is InChI=1S/C11H12FNO3/c1-13(10(14)11(15)16)7-6-8-4-2-3-5-9(8)12/h2-5H,6-7H2,1H3,(H,15,16). The number of carbonyl (C=O) groups excluding carboxylic acids is 1. The fourth-order valence-corrected chi connectivity index (χ4v) is 1.25. The first kappa shape index (κ1) is 12.2. The zero-order chi connectivity index (χ0) is 12.1. The van der Waals surface area contributed by atoms with Crippen LogP contribution in [0.3, 0.4) is 0 Å². The second-order valence-electron chi connectivity index (χ2n) is 3.37. The van der Waals surface area contributed by atoms with Crippen LogP contribution in [0.5, 0.6) is 0 Å². The van der Waals surface area contributed by atoms with Crippen LogP contribution in [0.2, 0.25) is 0 Å². The van der Waals surface area contributed by atoms with Crippen molar-refractivity contribution in [3.63, 3.8) is 0 Å². The van der Waals surface area contributed by atoms with Gasteiger partial charge in [0.2, 0.25) is 0 Å². The number of likely N-dealkylation sites (N-methyl/N-ethyl adjacent to an activating group) is 1. The van der Waals surface area contributed by atoms with Crippen molar-refractivity contribution in [3.8, 4) is 0 Å². The summed E-state index contributed by atoms with van der Waals surface area (Å²) in [5.41, 5.74) is 0.465. The van der Waals surface area contributed by atoms with Crippen LogP contribution >= 0.6 is 0 Å². The van der Waals surface area contributed by atoms with Crippen molar-refractivity contribution in [2.45, 2.75) is 6.42 Å². The lowest BCUT2D eigenvalue weighted by molar-refractivity contribution is -0.155. The van der Waals surface area contributed by atoms with E-state index in [0.29, 0.717) is 12.0 Å². The normalized spacial score (nSPS) is 9.88. The fourth-order valence-electron chi connectivity index (χ4n) is 1.25. The number of carboxylic acids is 1. The lowest BCUT2D eigenvalue weighted by Gasteiger charge is -2.14. The van der Waals surface area contributed by atoms with E-state index in [-0.39, 0.29) is 12.4 Å². The van der Waals surface area contributed by atoms with Gasteiger partial charge in [-0.25, -0.2) is 9.18 Å². The molecule has 1 amide bonds. The molecule has 4 nitrogen and oxygen atoms in total. The van der Waals surface area contributed by atoms with Crippen LogP contribution in [-0.2, 0) is 16.0 Å². The van der Waals surface area contributed by atoms with Gasteiger partial charge in [0.15, 0.2) is 0 Å². The average molecular weight is 225 g/mol. The van der Waals surface area contributed by atoms with Crippen molar-refractivity contribution < 1.29 is 19.1 Å². The summed E-state index contributed by atoms with van der Waals surface area (Å²) in [6, 6.07) is 6.20. The molecule has 0 radical (unpaired) electrons. The Hall–Kier alpha value is -1.91. The molecule has 86 valence electrons. The van der Waals surface area contributed by atoms with E-state index in [4.69, 9.17) is 5.11 Å². The van der Waals surface area contributed by atoms with Gasteiger partial charge in [-0.3, -0.25) is 4.79 Å². The first-order valence-electron chi connectivity index (χ1n) is 4.74. The molecule has 5 heteroatoms. The number of nitrogens with zero attached hydrogens (tertiary/aromatic N) is 1. The maximum Gasteiger partial charge on any atom is 0.394 e. The second kappa shape index (κ2) is 5.25. The summed E-state index contributed by atoms with van der Waals surface area (Å²) in [6.45, 7) is 0.173. The predicted molar refractivity (Wildman–Crippen MR) is 55.4 cm³/mol. The largest absolute Gasteiger partial charge is 0.474 e. The van der Waals surface area contributed by atoms with Gasteiger partial charge >= 0.3 is 11.9 Å². The molecule has 1 rings (SSSR count). The van der Waals surface area contributed by atoms with Crippen molar-refractivity contribution in [1.82, 2.24) is 4.90 Å². The highest BCUT2D eigenvalue weighted by molar-refractivity contribution is 6.31. The molecule has 0 heterocycles. The molecule has 0 bridgehead atoms. The summed E-state index contributed by atoms with van der Waals surface area (Å²) in [4.78, 5) is 22.4. The van der Waals surface area contributed by atoms with Crippen molar-refractivity contribution >= 4 is 11.9 Å². The Morgan fingerprint density at radius 3 is 2.56 bits per heavy atom. The van der Waals surface area contributed by atoms with E-state index in [0.717, 1.165) is 4.90 Å². The van der Waals surface area contributed by atoms with E-state index in [2.05, 4.69) is 0 Å². The third-order valence-electron chi connectivity index (χ3n) is 2.20. The number of hydrogen-bond donors (Lipinski definition) is 1. The smallest absolute Gasteiger partial charge is 0.394 e. The van der Waals surface area contributed by atoms with Crippen LogP contribution in [-0.4, -0.2) is 35.5 Å². The maximum absolute atomic E-state index is 13.2. The Kier molecular flexibility index (Phi) is 3.99. The molecule has 0 saturated carbocycles. The number of carboxylic acid groups (broad SMARTS) is 1. The molecule has 0 aliphatic heterocycles. The SMILES string of the molecule is CN(CCc1ccccc1F)C(=O)C(=O)O. The number of rotatable bonds is 3. The Balaban J connectivity index is 2.55. The van der Waals surface area contributed by atoms with Crippen LogP contribution in [0.1, 0.15) is 5.56 Å². The van der Waals surface area contributed by atoms with Crippen LogP contribution in [0, 0.1) is 5.82 Å². The molecule has 1 aromatic rings. The number of halogens is 1. The highest BCUT2D eigenvalue weighted by Gasteiger charge is 2.16. The van der Waals surface area contributed by atoms with E-state index in [1.54, 1.807) is 18.2 Å². The zero-order valence-electron chi connectivity index (χ0n) is 8.81. The quantitative estimate of drug-likeness (QED) is 0.778. The molecule has 0 aliphatic carbocycles. The summed E-state index contributed by atoms with van der Waals surface area (Å²) in [5, 5.41) is 8.44. The summed E-state index contributed by atoms with van der Waals surface area (Å²) in [7, 11) is 1.37. The van der Waals surface area contributed by atoms with Crippen LogP contribution in [0.4, 0.5) is 4.39 Å². The molecule has 0 aromatic heterocycles. The molecule has 0 fully saturated rings. The summed E-state index contributed by atoms with van der Waals surface area (Å²) in [6.07, 6.45) is 0.294. The molecule has 0 aliphatic rings. The molecular formula is C11H12FNO3. The number of amides is 1. The van der Waals surface area contributed by atoms with Gasteiger partial charge in [0.1, 0.15) is 5.82 Å². The first-order valence-corrected chi connectivity index (χ1v) is 4.74. The lowest BCUT2D eigenvalue weighted by atomic mass is 10.1. The topological polar surface area (TPSA) is 57.6 Å². The van der Waals surface area contributed by atoms with Crippen molar-refractivity contribution in [1.29, 1.82) is 0 Å². The van der Waals surface area contributed by atoms with Gasteiger partial charge in [0.05, 0.1) is 0 Å². The monoisotopic (exact) mass is 225 g/mol. The molecule has 0 saturated heterocycles. The van der Waals surface area contributed by atoms with Gasteiger partial charge in [0.25, 0.3) is 0 Å².